The number of amides is 1. The van der Waals surface area contributed by atoms with Gasteiger partial charge in [-0.15, -0.1) is 0 Å². The second kappa shape index (κ2) is 6.26. The predicted molar refractivity (Wildman–Crippen MR) is 83.4 cm³/mol. The molecule has 0 aromatic carbocycles. The van der Waals surface area contributed by atoms with E-state index < -0.39 is 0 Å². The number of nitrogens with zero attached hydrogens (tertiary/aromatic N) is 2. The highest BCUT2D eigenvalue weighted by atomic mass is 16.1. The number of hydrogen-bond acceptors (Lipinski definition) is 3. The van der Waals surface area contributed by atoms with E-state index in [2.05, 4.69) is 15.6 Å². The van der Waals surface area contributed by atoms with Crippen molar-refractivity contribution < 1.29 is 4.79 Å². The molecule has 0 unspecified atom stereocenters. The van der Waals surface area contributed by atoms with Crippen molar-refractivity contribution in [3.05, 3.63) is 30.2 Å². The largest absolute Gasteiger partial charge is 0.325 e. The van der Waals surface area contributed by atoms with Crippen LogP contribution in [-0.2, 0) is 4.79 Å². The Bertz CT molecular complexity index is 628. The molecule has 0 saturated carbocycles. The van der Waals surface area contributed by atoms with Crippen LogP contribution in [0.1, 0.15) is 31.4 Å². The number of nitrogens with one attached hydrogen (secondary N) is 2. The highest BCUT2D eigenvalue weighted by molar-refractivity contribution is 5.90. The van der Waals surface area contributed by atoms with Crippen molar-refractivity contribution in [1.82, 2.24) is 14.7 Å². The summed E-state index contributed by atoms with van der Waals surface area (Å²) in [5.74, 6) is 0.792. The zero-order chi connectivity index (χ0) is 14.7. The van der Waals surface area contributed by atoms with Crippen LogP contribution < -0.4 is 10.6 Å². The molecule has 3 rings (SSSR count). The smallest absolute Gasteiger partial charge is 0.224 e. The summed E-state index contributed by atoms with van der Waals surface area (Å²) in [6, 6.07) is 3.83. The lowest BCUT2D eigenvalue weighted by atomic mass is 9.93. The lowest BCUT2D eigenvalue weighted by Crippen LogP contribution is -2.28. The quantitative estimate of drug-likeness (QED) is 0.907. The highest BCUT2D eigenvalue weighted by Gasteiger charge is 2.14. The Balaban J connectivity index is 1.55. The van der Waals surface area contributed by atoms with E-state index in [1.54, 1.807) is 0 Å². The summed E-state index contributed by atoms with van der Waals surface area (Å²) in [6.45, 7) is 4.14. The van der Waals surface area contributed by atoms with E-state index >= 15 is 0 Å². The van der Waals surface area contributed by atoms with E-state index in [1.807, 2.05) is 35.9 Å². The molecule has 112 valence electrons. The summed E-state index contributed by atoms with van der Waals surface area (Å²) in [5, 5.41) is 6.33. The number of pyridine rings is 1. The number of carbonyl (C=O) groups excluding carboxylic acids is 1. The molecule has 5 heteroatoms. The minimum absolute atomic E-state index is 0.102. The van der Waals surface area contributed by atoms with E-state index in [-0.39, 0.29) is 5.91 Å². The molecular formula is C16H22N4O. The second-order valence-corrected chi connectivity index (χ2v) is 5.85. The number of rotatable bonds is 4. The zero-order valence-electron chi connectivity index (χ0n) is 12.4. The summed E-state index contributed by atoms with van der Waals surface area (Å²) in [6.07, 6.45) is 7.84. The summed E-state index contributed by atoms with van der Waals surface area (Å²) in [5.41, 5.74) is 2.71. The van der Waals surface area contributed by atoms with E-state index in [9.17, 15) is 4.79 Å². The van der Waals surface area contributed by atoms with Gasteiger partial charge in [-0.1, -0.05) is 0 Å². The Hall–Kier alpha value is -1.88. The summed E-state index contributed by atoms with van der Waals surface area (Å²) >= 11 is 0. The van der Waals surface area contributed by atoms with Gasteiger partial charge in [0.1, 0.15) is 5.65 Å². The minimum atomic E-state index is 0.102. The number of fused-ring (bicyclic) bond motifs is 1. The molecule has 3 heterocycles. The lowest BCUT2D eigenvalue weighted by molar-refractivity contribution is -0.116. The first-order valence-corrected chi connectivity index (χ1v) is 7.66. The number of imidazole rings is 1. The molecule has 21 heavy (non-hydrogen) atoms. The number of piperidine rings is 1. The topological polar surface area (TPSA) is 58.4 Å². The van der Waals surface area contributed by atoms with Gasteiger partial charge in [-0.3, -0.25) is 4.79 Å². The summed E-state index contributed by atoms with van der Waals surface area (Å²) < 4.78 is 1.94. The van der Waals surface area contributed by atoms with Crippen molar-refractivity contribution >= 4 is 17.2 Å². The van der Waals surface area contributed by atoms with Gasteiger partial charge in [-0.2, -0.15) is 0 Å². The molecule has 2 aromatic rings. The van der Waals surface area contributed by atoms with Gasteiger partial charge in [0, 0.05) is 18.8 Å². The number of aromatic nitrogens is 2. The van der Waals surface area contributed by atoms with Crippen LogP contribution in [0.25, 0.3) is 5.65 Å². The number of hydrogen-bond donors (Lipinski definition) is 2. The van der Waals surface area contributed by atoms with Gasteiger partial charge in [-0.05, 0) is 57.3 Å². The van der Waals surface area contributed by atoms with Crippen LogP contribution in [0.15, 0.2) is 24.5 Å². The molecule has 0 aliphatic carbocycles. The molecule has 1 aliphatic heterocycles. The Morgan fingerprint density at radius 2 is 2.19 bits per heavy atom. The number of aryl methyl sites for hydroxylation is 1. The van der Waals surface area contributed by atoms with Crippen LogP contribution >= 0.6 is 0 Å². The first-order chi connectivity index (χ1) is 10.2. The molecule has 1 fully saturated rings. The third-order valence-electron chi connectivity index (χ3n) is 4.09. The first-order valence-electron chi connectivity index (χ1n) is 7.66. The third kappa shape index (κ3) is 3.61. The lowest BCUT2D eigenvalue weighted by Gasteiger charge is -2.22. The number of carbonyl (C=O) groups is 1. The van der Waals surface area contributed by atoms with Crippen LogP contribution in [0.4, 0.5) is 5.69 Å². The fourth-order valence-corrected chi connectivity index (χ4v) is 2.92. The molecule has 2 N–H and O–H groups in total. The van der Waals surface area contributed by atoms with Crippen molar-refractivity contribution in [2.45, 2.75) is 32.6 Å². The van der Waals surface area contributed by atoms with Crippen LogP contribution in [0.5, 0.6) is 0 Å². The van der Waals surface area contributed by atoms with Gasteiger partial charge in [-0.25, -0.2) is 4.98 Å². The SMILES string of the molecule is Cc1cn2cc(NC(=O)CCC3CCNCC3)ccc2n1. The van der Waals surface area contributed by atoms with Crippen LogP contribution in [-0.4, -0.2) is 28.4 Å². The van der Waals surface area contributed by atoms with Gasteiger partial charge in [0.25, 0.3) is 0 Å². The third-order valence-corrected chi connectivity index (χ3v) is 4.09. The van der Waals surface area contributed by atoms with Gasteiger partial charge in [0.15, 0.2) is 0 Å². The molecule has 0 radical (unpaired) electrons. The number of anilines is 1. The molecule has 5 nitrogen and oxygen atoms in total. The normalized spacial score (nSPS) is 16.2. The van der Waals surface area contributed by atoms with E-state index in [0.717, 1.165) is 36.5 Å². The van der Waals surface area contributed by atoms with Crippen LogP contribution in [0.2, 0.25) is 0 Å². The molecule has 0 atom stereocenters. The first kappa shape index (κ1) is 14.1. The zero-order valence-corrected chi connectivity index (χ0v) is 12.4. The van der Waals surface area contributed by atoms with Crippen LogP contribution in [0.3, 0.4) is 0 Å². The van der Waals surface area contributed by atoms with Gasteiger partial charge in [0.05, 0.1) is 11.4 Å². The average Bonchev–Trinajstić information content (AvgIpc) is 2.85. The average molecular weight is 286 g/mol. The van der Waals surface area contributed by atoms with Crippen molar-refractivity contribution in [2.24, 2.45) is 5.92 Å². The molecule has 0 spiro atoms. The Morgan fingerprint density at radius 1 is 1.38 bits per heavy atom. The minimum Gasteiger partial charge on any atom is -0.325 e. The Kier molecular flexibility index (Phi) is 4.20. The van der Waals surface area contributed by atoms with E-state index in [0.29, 0.717) is 12.3 Å². The molecule has 0 bridgehead atoms. The van der Waals surface area contributed by atoms with Gasteiger partial charge in [0.2, 0.25) is 5.91 Å². The Labute approximate surface area is 124 Å². The van der Waals surface area contributed by atoms with E-state index in [4.69, 9.17) is 0 Å². The maximum absolute atomic E-state index is 12.0. The van der Waals surface area contributed by atoms with E-state index in [1.165, 1.54) is 12.8 Å². The summed E-state index contributed by atoms with van der Waals surface area (Å²) in [4.78, 5) is 16.4. The maximum atomic E-state index is 12.0. The van der Waals surface area contributed by atoms with Gasteiger partial charge < -0.3 is 15.0 Å². The molecule has 2 aromatic heterocycles. The molecular weight excluding hydrogens is 264 g/mol. The fourth-order valence-electron chi connectivity index (χ4n) is 2.92. The van der Waals surface area contributed by atoms with Crippen molar-refractivity contribution in [3.63, 3.8) is 0 Å². The maximum Gasteiger partial charge on any atom is 0.224 e. The van der Waals surface area contributed by atoms with Crippen LogP contribution in [0, 0.1) is 12.8 Å². The highest BCUT2D eigenvalue weighted by Crippen LogP contribution is 2.18. The molecule has 1 amide bonds. The fraction of sp³-hybridized carbons (Fsp3) is 0.500. The van der Waals surface area contributed by atoms with Crippen molar-refractivity contribution in [3.8, 4) is 0 Å². The molecule has 1 aliphatic rings. The summed E-state index contributed by atoms with van der Waals surface area (Å²) in [7, 11) is 0. The monoisotopic (exact) mass is 286 g/mol. The van der Waals surface area contributed by atoms with Crippen molar-refractivity contribution in [2.75, 3.05) is 18.4 Å². The Morgan fingerprint density at radius 3 is 3.00 bits per heavy atom. The van der Waals surface area contributed by atoms with Gasteiger partial charge >= 0.3 is 0 Å². The van der Waals surface area contributed by atoms with Crippen molar-refractivity contribution in [1.29, 1.82) is 0 Å². The predicted octanol–water partition coefficient (Wildman–Crippen LogP) is 2.36. The second-order valence-electron chi connectivity index (χ2n) is 5.85. The molecule has 1 saturated heterocycles. The standard InChI is InChI=1S/C16H22N4O/c1-12-10-20-11-14(3-4-15(20)18-12)19-16(21)5-2-13-6-8-17-9-7-13/h3-4,10-11,13,17H,2,5-9H2,1H3,(H,19,21).